The Kier molecular flexibility index (Phi) is 9.48. The number of pyridine rings is 1. The van der Waals surface area contributed by atoms with Crippen molar-refractivity contribution in [2.24, 2.45) is 0 Å². The van der Waals surface area contributed by atoms with Gasteiger partial charge >= 0.3 is 10.1 Å². The average molecular weight is 685 g/mol. The maximum Gasteiger partial charge on any atom is 0.339 e. The maximum absolute atomic E-state index is 14.6. The van der Waals surface area contributed by atoms with Crippen molar-refractivity contribution in [3.05, 3.63) is 116 Å². The maximum atomic E-state index is 14.6. The summed E-state index contributed by atoms with van der Waals surface area (Å²) in [6, 6.07) is 11.2. The monoisotopic (exact) mass is 684 g/mol. The van der Waals surface area contributed by atoms with E-state index >= 15 is 0 Å². The second-order valence-electron chi connectivity index (χ2n) is 9.00. The normalized spacial score (nSPS) is 12.5. The number of ether oxygens (including phenoxy) is 1. The fraction of sp³-hybridized carbons (Fsp3) is 0.0690. The Labute approximate surface area is 258 Å². The van der Waals surface area contributed by atoms with Crippen LogP contribution in [0.3, 0.4) is 0 Å². The average Bonchev–Trinajstić information content (AvgIpc) is 3.01. The van der Waals surface area contributed by atoms with Gasteiger partial charge < -0.3 is 8.92 Å². The molecular weight excluding hydrogens is 669 g/mol. The fourth-order valence-electron chi connectivity index (χ4n) is 4.15. The minimum Gasteiger partial charge on any atom is -0.495 e. The van der Waals surface area contributed by atoms with Crippen LogP contribution in [-0.4, -0.2) is 25.6 Å². The number of allylic oxidation sites excluding steroid dienone is 3. The van der Waals surface area contributed by atoms with Crippen LogP contribution in [0.5, 0.6) is 5.75 Å². The molecule has 0 bridgehead atoms. The first kappa shape index (κ1) is 33.3. The summed E-state index contributed by atoms with van der Waals surface area (Å²) >= 11 is 5.98. The minimum atomic E-state index is -5.18. The first-order valence-corrected chi connectivity index (χ1v) is 14.4. The van der Waals surface area contributed by atoms with E-state index in [9.17, 15) is 44.8 Å². The van der Waals surface area contributed by atoms with Crippen molar-refractivity contribution in [2.75, 3.05) is 7.11 Å². The predicted octanol–water partition coefficient (Wildman–Crippen LogP) is 7.15. The molecule has 0 fully saturated rings. The van der Waals surface area contributed by atoms with Crippen molar-refractivity contribution in [3.63, 3.8) is 0 Å². The molecule has 1 aromatic heterocycles. The van der Waals surface area contributed by atoms with Gasteiger partial charge in [0.2, 0.25) is 34.8 Å². The largest absolute Gasteiger partial charge is 0.495 e. The quantitative estimate of drug-likeness (QED) is 0.0372. The Balaban J connectivity index is 1.85. The summed E-state index contributed by atoms with van der Waals surface area (Å²) in [7, 11) is -1.11. The molecule has 232 valence electrons. The third kappa shape index (κ3) is 6.33. The molecule has 0 atom stereocenters. The van der Waals surface area contributed by atoms with Gasteiger partial charge in [-0.2, -0.15) is 22.5 Å². The molecule has 0 unspecified atom stereocenters. The minimum absolute atomic E-state index is 0.0462. The van der Waals surface area contributed by atoms with E-state index in [1.807, 2.05) is 6.07 Å². The number of aromatic nitrogens is 1. The standard InChI is InChI=1S/C29H16ClF6N2O5PS/c1-13(21(42-2)11-18(29(36)44)14-3-6-19(30)16(9-14)12-37)38-20-7-5-17(10-15(20)4-8-22(38)39)45(40,41)43-28-26(34)24(32)23(31)25(33)27(28)35/h3-11,44H,1-2H3. The third-order valence-corrected chi connectivity index (χ3v) is 8.15. The Bertz CT molecular complexity index is 2170. The molecule has 0 radical (unpaired) electrons. The SMILES string of the molecule is COC(C=C(C(F)=P)c1ccc(Cl)c(C#N)c1)=C(C)n1c(=O)ccc2cc(S(=O)(=O)Oc3c(F)c(F)c(F)c(F)c3F)ccc21. The van der Waals surface area contributed by atoms with Crippen LogP contribution < -0.4 is 9.74 Å². The zero-order valence-corrected chi connectivity index (χ0v) is 25.3. The van der Waals surface area contributed by atoms with Crippen molar-refractivity contribution in [2.45, 2.75) is 11.8 Å². The highest BCUT2D eigenvalue weighted by atomic mass is 35.5. The van der Waals surface area contributed by atoms with E-state index in [1.165, 1.54) is 44.4 Å². The van der Waals surface area contributed by atoms with Crippen LogP contribution in [0.4, 0.5) is 26.3 Å². The molecule has 1 heterocycles. The van der Waals surface area contributed by atoms with Gasteiger partial charge in [0.05, 0.1) is 28.9 Å². The lowest BCUT2D eigenvalue weighted by molar-refractivity contribution is 0.307. The number of benzene rings is 3. The lowest BCUT2D eigenvalue weighted by Crippen LogP contribution is -2.19. The summed E-state index contributed by atoms with van der Waals surface area (Å²) in [5.41, 5.74) is -1.16. The van der Waals surface area contributed by atoms with Crippen LogP contribution in [-0.2, 0) is 14.9 Å². The predicted molar refractivity (Wildman–Crippen MR) is 157 cm³/mol. The molecule has 0 aliphatic carbocycles. The Morgan fingerprint density at radius 2 is 1.60 bits per heavy atom. The van der Waals surface area contributed by atoms with Crippen molar-refractivity contribution in [1.29, 1.82) is 5.26 Å². The second kappa shape index (κ2) is 12.8. The van der Waals surface area contributed by atoms with E-state index in [4.69, 9.17) is 16.3 Å². The summed E-state index contributed by atoms with van der Waals surface area (Å²) in [4.78, 5) is 12.2. The van der Waals surface area contributed by atoms with Gasteiger partial charge in [-0.3, -0.25) is 9.36 Å². The molecule has 3 aromatic carbocycles. The molecular formula is C29H16ClF6N2O5PS. The smallest absolute Gasteiger partial charge is 0.339 e. The van der Waals surface area contributed by atoms with Gasteiger partial charge in [-0.1, -0.05) is 26.5 Å². The van der Waals surface area contributed by atoms with Gasteiger partial charge in [-0.25, -0.2) is 17.6 Å². The molecule has 0 aliphatic heterocycles. The number of nitrogens with zero attached hydrogens (tertiary/aromatic N) is 2. The van der Waals surface area contributed by atoms with E-state index < -0.39 is 61.0 Å². The lowest BCUT2D eigenvalue weighted by atomic mass is 10.0. The van der Waals surface area contributed by atoms with Crippen LogP contribution in [0.15, 0.2) is 70.1 Å². The molecule has 7 nitrogen and oxygen atoms in total. The molecule has 0 saturated carbocycles. The van der Waals surface area contributed by atoms with Gasteiger partial charge in [0.1, 0.15) is 22.3 Å². The third-order valence-electron chi connectivity index (χ3n) is 6.34. The molecule has 0 N–H and O–H groups in total. The molecule has 0 spiro atoms. The zero-order chi connectivity index (χ0) is 33.4. The van der Waals surface area contributed by atoms with Crippen LogP contribution in [0.25, 0.3) is 22.2 Å². The van der Waals surface area contributed by atoms with Crippen LogP contribution in [0.1, 0.15) is 18.1 Å². The van der Waals surface area contributed by atoms with Gasteiger partial charge in [-0.15, -0.1) is 0 Å². The highest BCUT2D eigenvalue weighted by molar-refractivity contribution is 7.87. The summed E-state index contributed by atoms with van der Waals surface area (Å²) in [6.07, 6.45) is 1.23. The van der Waals surface area contributed by atoms with Crippen molar-refractivity contribution in [3.8, 4) is 11.8 Å². The first-order valence-electron chi connectivity index (χ1n) is 12.2. The van der Waals surface area contributed by atoms with E-state index in [0.717, 1.165) is 28.8 Å². The summed E-state index contributed by atoms with van der Waals surface area (Å²) < 4.78 is 120. The molecule has 0 saturated heterocycles. The van der Waals surface area contributed by atoms with E-state index in [-0.39, 0.29) is 44.1 Å². The first-order chi connectivity index (χ1) is 21.1. The van der Waals surface area contributed by atoms with Gasteiger partial charge in [0.15, 0.2) is 0 Å². The van der Waals surface area contributed by atoms with Gasteiger partial charge in [0, 0.05) is 17.0 Å². The number of halogens is 7. The fourth-order valence-corrected chi connectivity index (χ4v) is 5.49. The Morgan fingerprint density at radius 3 is 2.18 bits per heavy atom. The molecule has 4 aromatic rings. The molecule has 16 heteroatoms. The van der Waals surface area contributed by atoms with Crippen molar-refractivity contribution in [1.82, 2.24) is 4.57 Å². The van der Waals surface area contributed by atoms with Crippen molar-refractivity contribution >= 4 is 58.3 Å². The molecule has 45 heavy (non-hydrogen) atoms. The van der Waals surface area contributed by atoms with E-state index in [1.54, 1.807) is 0 Å². The number of methoxy groups -OCH3 is 1. The summed E-state index contributed by atoms with van der Waals surface area (Å²) in [6.45, 7) is 1.43. The number of hydrogen-bond donors (Lipinski definition) is 0. The number of nitriles is 1. The number of hydrogen-bond acceptors (Lipinski definition) is 6. The van der Waals surface area contributed by atoms with E-state index in [2.05, 4.69) is 13.0 Å². The highest BCUT2D eigenvalue weighted by Crippen LogP contribution is 2.32. The zero-order valence-electron chi connectivity index (χ0n) is 22.7. The summed E-state index contributed by atoms with van der Waals surface area (Å²) in [5, 5.41) is 9.48. The Hall–Kier alpha value is -4.57. The van der Waals surface area contributed by atoms with Crippen molar-refractivity contribution < 1.29 is 43.7 Å². The van der Waals surface area contributed by atoms with Crippen LogP contribution in [0.2, 0.25) is 5.02 Å². The van der Waals surface area contributed by atoms with Gasteiger partial charge in [-0.05, 0) is 55.0 Å². The van der Waals surface area contributed by atoms with Crippen LogP contribution in [0, 0.1) is 40.4 Å². The highest BCUT2D eigenvalue weighted by Gasteiger charge is 2.31. The lowest BCUT2D eigenvalue weighted by Gasteiger charge is -2.16. The Morgan fingerprint density at radius 1 is 0.978 bits per heavy atom. The molecule has 4 rings (SSSR count). The topological polar surface area (TPSA) is 98.4 Å². The van der Waals surface area contributed by atoms with Gasteiger partial charge in [0.25, 0.3) is 5.56 Å². The molecule has 0 aliphatic rings. The number of rotatable bonds is 8. The number of fused-ring (bicyclic) bond motifs is 1. The van der Waals surface area contributed by atoms with E-state index in [0.29, 0.717) is 0 Å². The summed E-state index contributed by atoms with van der Waals surface area (Å²) in [5.74, 6) is -14.4. The second-order valence-corrected chi connectivity index (χ2v) is 11.4. The van der Waals surface area contributed by atoms with Crippen LogP contribution >= 0.6 is 20.5 Å². The molecule has 0 amide bonds.